The van der Waals surface area contributed by atoms with Crippen LogP contribution in [0.3, 0.4) is 0 Å². The molecule has 11 heavy (non-hydrogen) atoms. The van der Waals surface area contributed by atoms with Crippen molar-refractivity contribution in [3.63, 3.8) is 0 Å². The lowest BCUT2D eigenvalue weighted by molar-refractivity contribution is 0.635. The minimum absolute atomic E-state index is 0.0545. The highest BCUT2D eigenvalue weighted by Crippen LogP contribution is 2.24. The van der Waals surface area contributed by atoms with E-state index in [0.717, 1.165) is 10.9 Å². The van der Waals surface area contributed by atoms with Crippen molar-refractivity contribution in [3.05, 3.63) is 29.6 Å². The van der Waals surface area contributed by atoms with Crippen LogP contribution < -0.4 is 5.30 Å². The maximum atomic E-state index is 13.1. The molecule has 0 bridgehead atoms. The minimum Gasteiger partial charge on any atom is -0.206 e. The fourth-order valence-electron chi connectivity index (χ4n) is 0.975. The first-order valence-corrected chi connectivity index (χ1v) is 5.78. The Morgan fingerprint density at radius 3 is 2.36 bits per heavy atom. The second kappa shape index (κ2) is 3.32. The number of halogens is 1. The third-order valence-corrected chi connectivity index (χ3v) is 2.91. The van der Waals surface area contributed by atoms with Crippen LogP contribution in [0.1, 0.15) is 5.56 Å². The molecule has 1 aromatic carbocycles. The van der Waals surface area contributed by atoms with E-state index < -0.39 is 0 Å². The molecule has 0 fully saturated rings. The summed E-state index contributed by atoms with van der Waals surface area (Å²) < 4.78 is 13.1. The lowest BCUT2D eigenvalue weighted by Gasteiger charge is -2.06. The van der Waals surface area contributed by atoms with Crippen LogP contribution in [0, 0.1) is 12.7 Å². The monoisotopic (exact) mass is 170 g/mol. The molecule has 0 heterocycles. The molecule has 0 spiro atoms. The molecule has 2 heteroatoms. The first-order valence-electron chi connectivity index (χ1n) is 3.55. The zero-order valence-electron chi connectivity index (χ0n) is 7.06. The predicted octanol–water partition coefficient (Wildman–Crippen LogP) is 2.50. The van der Waals surface area contributed by atoms with Gasteiger partial charge in [-0.25, -0.2) is 4.39 Å². The van der Waals surface area contributed by atoms with E-state index in [9.17, 15) is 4.39 Å². The van der Waals surface area contributed by atoms with Crippen LogP contribution in [0.4, 0.5) is 4.39 Å². The number of rotatable bonds is 1. The Balaban J connectivity index is 3.09. The van der Waals surface area contributed by atoms with Gasteiger partial charge in [0.25, 0.3) is 0 Å². The number of hydrogen-bond acceptors (Lipinski definition) is 0. The molecular formula is C9H12FP. The molecule has 0 N–H and O–H groups in total. The number of hydrogen-bond donors (Lipinski definition) is 0. The Labute approximate surface area is 68.2 Å². The van der Waals surface area contributed by atoms with Crippen LogP contribution in [0.15, 0.2) is 18.2 Å². The summed E-state index contributed by atoms with van der Waals surface area (Å²) in [5.74, 6) is -0.0545. The standard InChI is InChI=1S/C9H12FP/c1-7-4-5-9(11(2)3)8(10)6-7/h4-6H,1-3H3. The fraction of sp³-hybridized carbons (Fsp3) is 0.333. The highest BCUT2D eigenvalue weighted by Gasteiger charge is 2.04. The summed E-state index contributed by atoms with van der Waals surface area (Å²) in [6.45, 7) is 6.02. The molecular weight excluding hydrogens is 158 g/mol. The Morgan fingerprint density at radius 2 is 1.91 bits per heavy atom. The summed E-state index contributed by atoms with van der Waals surface area (Å²) in [5, 5.41) is 0.866. The van der Waals surface area contributed by atoms with Crippen molar-refractivity contribution >= 4 is 13.2 Å². The van der Waals surface area contributed by atoms with Crippen molar-refractivity contribution in [1.82, 2.24) is 0 Å². The van der Waals surface area contributed by atoms with Gasteiger partial charge in [0.1, 0.15) is 5.82 Å². The van der Waals surface area contributed by atoms with Crippen LogP contribution >= 0.6 is 7.92 Å². The van der Waals surface area contributed by atoms with Crippen molar-refractivity contribution in [2.45, 2.75) is 6.92 Å². The van der Waals surface area contributed by atoms with Gasteiger partial charge in [0, 0.05) is 5.30 Å². The summed E-state index contributed by atoms with van der Waals surface area (Å²) in [6, 6.07) is 5.44. The van der Waals surface area contributed by atoms with Crippen molar-refractivity contribution in [2.75, 3.05) is 13.3 Å². The molecule has 0 aliphatic carbocycles. The molecule has 0 nitrogen and oxygen atoms in total. The van der Waals surface area contributed by atoms with Crippen LogP contribution in [0.2, 0.25) is 0 Å². The average molecular weight is 170 g/mol. The van der Waals surface area contributed by atoms with Crippen LogP contribution in [-0.2, 0) is 0 Å². The smallest absolute Gasteiger partial charge is 0.131 e. The van der Waals surface area contributed by atoms with Gasteiger partial charge in [0.2, 0.25) is 0 Å². The van der Waals surface area contributed by atoms with E-state index in [4.69, 9.17) is 0 Å². The predicted molar refractivity (Wildman–Crippen MR) is 49.5 cm³/mol. The van der Waals surface area contributed by atoms with Gasteiger partial charge in [-0.1, -0.05) is 20.1 Å². The summed E-state index contributed by atoms with van der Waals surface area (Å²) in [6.07, 6.45) is 0. The molecule has 0 radical (unpaired) electrons. The number of benzene rings is 1. The summed E-state index contributed by atoms with van der Waals surface area (Å²) in [4.78, 5) is 0. The zero-order valence-corrected chi connectivity index (χ0v) is 7.95. The Hall–Kier alpha value is -0.420. The van der Waals surface area contributed by atoms with E-state index in [1.807, 2.05) is 19.1 Å². The normalized spacial score (nSPS) is 10.6. The second-order valence-electron chi connectivity index (χ2n) is 2.85. The first kappa shape index (κ1) is 8.67. The van der Waals surface area contributed by atoms with E-state index >= 15 is 0 Å². The van der Waals surface area contributed by atoms with E-state index in [1.165, 1.54) is 0 Å². The molecule has 0 aromatic heterocycles. The zero-order chi connectivity index (χ0) is 8.43. The topological polar surface area (TPSA) is 0 Å². The summed E-state index contributed by atoms with van der Waals surface area (Å²) in [5.41, 5.74) is 0.989. The van der Waals surface area contributed by atoms with Crippen LogP contribution in [0.5, 0.6) is 0 Å². The maximum absolute atomic E-state index is 13.1. The van der Waals surface area contributed by atoms with Gasteiger partial charge in [-0.05, 0) is 31.9 Å². The lowest BCUT2D eigenvalue weighted by Crippen LogP contribution is -2.04. The largest absolute Gasteiger partial charge is 0.206 e. The van der Waals surface area contributed by atoms with E-state index in [-0.39, 0.29) is 13.7 Å². The van der Waals surface area contributed by atoms with Crippen LogP contribution in [-0.4, -0.2) is 13.3 Å². The van der Waals surface area contributed by atoms with Gasteiger partial charge in [-0.15, -0.1) is 0 Å². The molecule has 0 saturated heterocycles. The fourth-order valence-corrected chi connectivity index (χ4v) is 1.84. The molecule has 0 amide bonds. The van der Waals surface area contributed by atoms with Gasteiger partial charge in [-0.3, -0.25) is 0 Å². The van der Waals surface area contributed by atoms with Crippen LogP contribution in [0.25, 0.3) is 0 Å². The van der Waals surface area contributed by atoms with Crippen molar-refractivity contribution in [1.29, 1.82) is 0 Å². The summed E-state index contributed by atoms with van der Waals surface area (Å²) >= 11 is 0. The van der Waals surface area contributed by atoms with E-state index in [2.05, 4.69) is 13.3 Å². The minimum atomic E-state index is -0.304. The van der Waals surface area contributed by atoms with Gasteiger partial charge >= 0.3 is 0 Å². The van der Waals surface area contributed by atoms with Gasteiger partial charge in [0.15, 0.2) is 0 Å². The van der Waals surface area contributed by atoms with Crippen molar-refractivity contribution in [2.24, 2.45) is 0 Å². The lowest BCUT2D eigenvalue weighted by atomic mass is 10.2. The molecule has 0 atom stereocenters. The quantitative estimate of drug-likeness (QED) is 0.568. The Bertz CT molecular complexity index is 256. The van der Waals surface area contributed by atoms with Gasteiger partial charge in [0.05, 0.1) is 0 Å². The maximum Gasteiger partial charge on any atom is 0.131 e. The second-order valence-corrected chi connectivity index (χ2v) is 5.12. The van der Waals surface area contributed by atoms with Crippen molar-refractivity contribution in [3.8, 4) is 0 Å². The van der Waals surface area contributed by atoms with Crippen molar-refractivity contribution < 1.29 is 4.39 Å². The highest BCUT2D eigenvalue weighted by atomic mass is 31.1. The van der Waals surface area contributed by atoms with E-state index in [0.29, 0.717) is 0 Å². The van der Waals surface area contributed by atoms with E-state index in [1.54, 1.807) is 6.07 Å². The number of aryl methyl sites for hydroxylation is 1. The third kappa shape index (κ3) is 2.00. The molecule has 1 aromatic rings. The Kier molecular flexibility index (Phi) is 2.62. The van der Waals surface area contributed by atoms with Gasteiger partial charge in [-0.2, -0.15) is 0 Å². The molecule has 0 saturated carbocycles. The highest BCUT2D eigenvalue weighted by molar-refractivity contribution is 7.64. The first-order chi connectivity index (χ1) is 5.11. The molecule has 1 rings (SSSR count). The molecule has 0 aliphatic heterocycles. The molecule has 0 unspecified atom stereocenters. The third-order valence-electron chi connectivity index (χ3n) is 1.58. The molecule has 60 valence electrons. The SMILES string of the molecule is Cc1ccc(P(C)C)c(F)c1. The van der Waals surface area contributed by atoms with Gasteiger partial charge < -0.3 is 0 Å². The Morgan fingerprint density at radius 1 is 1.27 bits per heavy atom. The average Bonchev–Trinajstić information content (AvgIpc) is 1.85. The summed E-state index contributed by atoms with van der Waals surface area (Å²) in [7, 11) is -0.304. The molecule has 0 aliphatic rings.